The summed E-state index contributed by atoms with van der Waals surface area (Å²) >= 11 is 0. The van der Waals surface area contributed by atoms with E-state index >= 15 is 0 Å². The third-order valence-electron chi connectivity index (χ3n) is 4.50. The number of rotatable bonds is 10. The lowest BCUT2D eigenvalue weighted by atomic mass is 10.1. The number of benzene rings is 2. The highest BCUT2D eigenvalue weighted by atomic mass is 16.5. The molecule has 0 heterocycles. The number of hydrogen-bond acceptors (Lipinski definition) is 5. The van der Waals surface area contributed by atoms with Gasteiger partial charge in [-0.2, -0.15) is 0 Å². The Bertz CT molecular complexity index is 890. The molecule has 0 saturated heterocycles. The van der Waals surface area contributed by atoms with Crippen LogP contribution in [0.2, 0.25) is 0 Å². The van der Waals surface area contributed by atoms with E-state index < -0.39 is 5.91 Å². The maximum atomic E-state index is 13.0. The van der Waals surface area contributed by atoms with Gasteiger partial charge in [-0.25, -0.2) is 0 Å². The van der Waals surface area contributed by atoms with Gasteiger partial charge in [0.2, 0.25) is 11.8 Å². The summed E-state index contributed by atoms with van der Waals surface area (Å²) in [6.07, 6.45) is 0.675. The van der Waals surface area contributed by atoms with Crippen LogP contribution in [0.15, 0.2) is 42.5 Å². The summed E-state index contributed by atoms with van der Waals surface area (Å²) in [6.45, 7) is 3.91. The van der Waals surface area contributed by atoms with Gasteiger partial charge in [0.15, 0.2) is 0 Å². The molecule has 0 spiro atoms. The fraction of sp³-hybridized carbons (Fsp3) is 0.348. The third kappa shape index (κ3) is 7.33. The molecule has 0 unspecified atom stereocenters. The molecule has 3 amide bonds. The highest BCUT2D eigenvalue weighted by molar-refractivity contribution is 5.98. The predicted molar refractivity (Wildman–Crippen MR) is 119 cm³/mol. The molecule has 0 atom stereocenters. The van der Waals surface area contributed by atoms with E-state index in [0.717, 1.165) is 5.56 Å². The summed E-state index contributed by atoms with van der Waals surface area (Å²) in [4.78, 5) is 38.9. The van der Waals surface area contributed by atoms with E-state index in [1.807, 2.05) is 26.0 Å². The number of aryl methyl sites for hydroxylation is 1. The molecule has 8 nitrogen and oxygen atoms in total. The van der Waals surface area contributed by atoms with Crippen molar-refractivity contribution in [1.29, 1.82) is 0 Å². The van der Waals surface area contributed by atoms with E-state index in [1.165, 1.54) is 19.1 Å². The lowest BCUT2D eigenvalue weighted by Crippen LogP contribution is -2.43. The summed E-state index contributed by atoms with van der Waals surface area (Å²) < 4.78 is 10.4. The first kappa shape index (κ1) is 23.7. The van der Waals surface area contributed by atoms with E-state index in [0.29, 0.717) is 35.7 Å². The van der Waals surface area contributed by atoms with Gasteiger partial charge >= 0.3 is 0 Å². The highest BCUT2D eigenvalue weighted by Gasteiger charge is 2.20. The van der Waals surface area contributed by atoms with Crippen LogP contribution in [0.5, 0.6) is 11.5 Å². The van der Waals surface area contributed by atoms with Gasteiger partial charge in [-0.3, -0.25) is 14.4 Å². The summed E-state index contributed by atoms with van der Waals surface area (Å²) in [5.74, 6) is -0.120. The topological polar surface area (TPSA) is 97.0 Å². The van der Waals surface area contributed by atoms with E-state index in [1.54, 1.807) is 30.3 Å². The van der Waals surface area contributed by atoms with Crippen LogP contribution in [0.25, 0.3) is 0 Å². The standard InChI is InChI=1S/C23H29N3O5/c1-5-10-26(23(29)17-11-19(30-3)13-20(12-17)31-4)15-22(28)24-14-21(27)25-18-8-6-16(2)7-9-18/h6-9,11-13H,5,10,14-15H2,1-4H3,(H,24,28)(H,25,27). The van der Waals surface area contributed by atoms with Crippen molar-refractivity contribution in [2.45, 2.75) is 20.3 Å². The molecule has 31 heavy (non-hydrogen) atoms. The zero-order valence-electron chi connectivity index (χ0n) is 18.4. The van der Waals surface area contributed by atoms with Crippen molar-refractivity contribution < 1.29 is 23.9 Å². The maximum absolute atomic E-state index is 13.0. The molecule has 0 radical (unpaired) electrons. The molecule has 2 N–H and O–H groups in total. The van der Waals surface area contributed by atoms with Crippen LogP contribution in [0, 0.1) is 6.92 Å². The molecule has 0 fully saturated rings. The largest absolute Gasteiger partial charge is 0.497 e. The molecule has 8 heteroatoms. The number of anilines is 1. The van der Waals surface area contributed by atoms with E-state index in [4.69, 9.17) is 9.47 Å². The van der Waals surface area contributed by atoms with Gasteiger partial charge < -0.3 is 25.0 Å². The van der Waals surface area contributed by atoms with Crippen molar-refractivity contribution in [3.05, 3.63) is 53.6 Å². The highest BCUT2D eigenvalue weighted by Crippen LogP contribution is 2.23. The van der Waals surface area contributed by atoms with Crippen molar-refractivity contribution in [3.63, 3.8) is 0 Å². The zero-order chi connectivity index (χ0) is 22.8. The number of ether oxygens (including phenoxy) is 2. The average Bonchev–Trinajstić information content (AvgIpc) is 2.78. The molecule has 0 aliphatic heterocycles. The number of nitrogens with one attached hydrogen (secondary N) is 2. The minimum absolute atomic E-state index is 0.163. The Morgan fingerprint density at radius 3 is 2.10 bits per heavy atom. The van der Waals surface area contributed by atoms with Crippen molar-refractivity contribution in [1.82, 2.24) is 10.2 Å². The lowest BCUT2D eigenvalue weighted by Gasteiger charge is -2.22. The first-order chi connectivity index (χ1) is 14.9. The summed E-state index contributed by atoms with van der Waals surface area (Å²) in [5, 5.41) is 5.28. The smallest absolute Gasteiger partial charge is 0.254 e. The van der Waals surface area contributed by atoms with Gasteiger partial charge in [-0.05, 0) is 37.6 Å². The molecule has 0 aliphatic carbocycles. The van der Waals surface area contributed by atoms with E-state index in [9.17, 15) is 14.4 Å². The molecule has 0 saturated carbocycles. The number of methoxy groups -OCH3 is 2. The Hall–Kier alpha value is -3.55. The predicted octanol–water partition coefficient (Wildman–Crippen LogP) is 2.62. The van der Waals surface area contributed by atoms with E-state index in [2.05, 4.69) is 10.6 Å². The summed E-state index contributed by atoms with van der Waals surface area (Å²) in [7, 11) is 3.00. The van der Waals surface area contributed by atoms with Gasteiger partial charge in [-0.15, -0.1) is 0 Å². The molecule has 2 rings (SSSR count). The minimum Gasteiger partial charge on any atom is -0.497 e. The van der Waals surface area contributed by atoms with Gasteiger partial charge in [0.25, 0.3) is 5.91 Å². The first-order valence-electron chi connectivity index (χ1n) is 10.0. The number of hydrogen-bond donors (Lipinski definition) is 2. The minimum atomic E-state index is -0.421. The van der Waals surface area contributed by atoms with Crippen molar-refractivity contribution in [2.75, 3.05) is 39.2 Å². The lowest BCUT2D eigenvalue weighted by molar-refractivity contribution is -0.124. The molecular weight excluding hydrogens is 398 g/mol. The Kier molecular flexibility index (Phi) is 8.87. The number of carbonyl (C=O) groups excluding carboxylic acids is 3. The van der Waals surface area contributed by atoms with Crippen LogP contribution in [0.4, 0.5) is 5.69 Å². The molecular formula is C23H29N3O5. The van der Waals surface area contributed by atoms with Crippen molar-refractivity contribution in [2.24, 2.45) is 0 Å². The first-order valence-corrected chi connectivity index (χ1v) is 10.0. The van der Waals surface area contributed by atoms with Crippen molar-refractivity contribution in [3.8, 4) is 11.5 Å². The Labute approximate surface area is 182 Å². The van der Waals surface area contributed by atoms with Gasteiger partial charge in [0.05, 0.1) is 27.3 Å². The Morgan fingerprint density at radius 2 is 1.55 bits per heavy atom. The monoisotopic (exact) mass is 427 g/mol. The molecule has 2 aromatic carbocycles. The third-order valence-corrected chi connectivity index (χ3v) is 4.50. The fourth-order valence-electron chi connectivity index (χ4n) is 2.89. The number of amides is 3. The quantitative estimate of drug-likeness (QED) is 0.608. The van der Waals surface area contributed by atoms with Crippen LogP contribution in [-0.4, -0.2) is 56.5 Å². The van der Waals surface area contributed by atoms with Gasteiger partial charge in [0.1, 0.15) is 11.5 Å². The average molecular weight is 428 g/mol. The summed E-state index contributed by atoms with van der Waals surface area (Å²) in [5.41, 5.74) is 2.09. The van der Waals surface area contributed by atoms with Crippen LogP contribution in [0.1, 0.15) is 29.3 Å². The van der Waals surface area contributed by atoms with E-state index in [-0.39, 0.29) is 24.9 Å². The second kappa shape index (κ2) is 11.6. The molecule has 2 aromatic rings. The Balaban J connectivity index is 1.97. The van der Waals surface area contributed by atoms with Crippen LogP contribution >= 0.6 is 0 Å². The second-order valence-corrected chi connectivity index (χ2v) is 7.02. The molecule has 0 bridgehead atoms. The fourth-order valence-corrected chi connectivity index (χ4v) is 2.89. The van der Waals surface area contributed by atoms with Crippen LogP contribution < -0.4 is 20.1 Å². The number of nitrogens with zero attached hydrogens (tertiary/aromatic N) is 1. The van der Waals surface area contributed by atoms with Crippen molar-refractivity contribution >= 4 is 23.4 Å². The maximum Gasteiger partial charge on any atom is 0.254 e. The normalized spacial score (nSPS) is 10.2. The van der Waals surface area contributed by atoms with Crippen LogP contribution in [0.3, 0.4) is 0 Å². The van der Waals surface area contributed by atoms with Gasteiger partial charge in [0, 0.05) is 23.9 Å². The van der Waals surface area contributed by atoms with Crippen LogP contribution in [-0.2, 0) is 9.59 Å². The zero-order valence-corrected chi connectivity index (χ0v) is 18.4. The second-order valence-electron chi connectivity index (χ2n) is 7.02. The number of carbonyl (C=O) groups is 3. The molecule has 166 valence electrons. The molecule has 0 aromatic heterocycles. The Morgan fingerprint density at radius 1 is 0.935 bits per heavy atom. The SMILES string of the molecule is CCCN(CC(=O)NCC(=O)Nc1ccc(C)cc1)C(=O)c1cc(OC)cc(OC)c1. The molecule has 0 aliphatic rings. The summed E-state index contributed by atoms with van der Waals surface area (Å²) in [6, 6.07) is 12.2. The van der Waals surface area contributed by atoms with Gasteiger partial charge in [-0.1, -0.05) is 24.6 Å².